The highest BCUT2D eigenvalue weighted by molar-refractivity contribution is 5.74. The number of nitro benzene ring substituents is 1. The highest BCUT2D eigenvalue weighted by Gasteiger charge is 2.18. The molecule has 0 fully saturated rings. The quantitative estimate of drug-likeness (QED) is 0.396. The highest BCUT2D eigenvalue weighted by atomic mass is 16.6. The zero-order valence-corrected chi connectivity index (χ0v) is 12.5. The Labute approximate surface area is 134 Å². The number of nitro groups is 1. The van der Waals surface area contributed by atoms with Crippen molar-refractivity contribution in [2.24, 2.45) is 0 Å². The Morgan fingerprint density at radius 1 is 0.739 bits per heavy atom. The molecule has 0 radical (unpaired) electrons. The average molecular weight is 301 g/mol. The molecule has 0 unspecified atom stereocenters. The van der Waals surface area contributed by atoms with Crippen molar-refractivity contribution in [2.75, 3.05) is 0 Å². The van der Waals surface area contributed by atoms with Crippen LogP contribution in [-0.2, 0) is 12.8 Å². The lowest BCUT2D eigenvalue weighted by Gasteiger charge is -2.20. The molecule has 3 nitrogen and oxygen atoms in total. The number of hydrogen-bond acceptors (Lipinski definition) is 2. The Bertz CT molecular complexity index is 915. The van der Waals surface area contributed by atoms with E-state index >= 15 is 0 Å². The maximum absolute atomic E-state index is 11.3. The minimum Gasteiger partial charge on any atom is -0.258 e. The van der Waals surface area contributed by atoms with Crippen molar-refractivity contribution in [3.8, 4) is 11.1 Å². The monoisotopic (exact) mass is 301 g/mol. The van der Waals surface area contributed by atoms with Crippen LogP contribution in [0.2, 0.25) is 0 Å². The number of para-hydroxylation sites is 1. The van der Waals surface area contributed by atoms with Crippen molar-refractivity contribution in [3.63, 3.8) is 0 Å². The fourth-order valence-corrected chi connectivity index (χ4v) is 3.32. The molecule has 0 aromatic heterocycles. The maximum atomic E-state index is 11.3. The summed E-state index contributed by atoms with van der Waals surface area (Å²) in [4.78, 5) is 10.9. The second kappa shape index (κ2) is 5.36. The van der Waals surface area contributed by atoms with Crippen LogP contribution in [0.1, 0.15) is 22.3 Å². The molecule has 112 valence electrons. The van der Waals surface area contributed by atoms with Crippen LogP contribution in [0.5, 0.6) is 0 Å². The highest BCUT2D eigenvalue weighted by Crippen LogP contribution is 2.34. The molecule has 0 bridgehead atoms. The lowest BCUT2D eigenvalue weighted by Crippen LogP contribution is -2.07. The van der Waals surface area contributed by atoms with E-state index in [4.69, 9.17) is 0 Å². The van der Waals surface area contributed by atoms with Gasteiger partial charge >= 0.3 is 0 Å². The van der Waals surface area contributed by atoms with E-state index in [0.717, 1.165) is 18.4 Å². The lowest BCUT2D eigenvalue weighted by molar-refractivity contribution is -0.384. The summed E-state index contributed by atoms with van der Waals surface area (Å²) in [5.74, 6) is 0. The van der Waals surface area contributed by atoms with Crippen LogP contribution in [0.25, 0.3) is 11.1 Å². The first kappa shape index (κ1) is 13.7. The third kappa shape index (κ3) is 2.40. The summed E-state index contributed by atoms with van der Waals surface area (Å²) in [7, 11) is 0. The molecular formula is C20H15NO2. The number of nitrogens with zero attached hydrogens (tertiary/aromatic N) is 1. The van der Waals surface area contributed by atoms with E-state index in [1.165, 1.54) is 22.3 Å². The molecule has 0 aliphatic heterocycles. The molecule has 0 N–H and O–H groups in total. The van der Waals surface area contributed by atoms with E-state index in [1.807, 2.05) is 18.2 Å². The average Bonchev–Trinajstić information content (AvgIpc) is 2.59. The second-order valence-corrected chi connectivity index (χ2v) is 5.88. The van der Waals surface area contributed by atoms with Gasteiger partial charge in [-0.3, -0.25) is 10.1 Å². The number of rotatable bonds is 2. The van der Waals surface area contributed by atoms with E-state index < -0.39 is 0 Å². The van der Waals surface area contributed by atoms with Crippen molar-refractivity contribution in [1.29, 1.82) is 0 Å². The van der Waals surface area contributed by atoms with Gasteiger partial charge in [0.2, 0.25) is 0 Å². The smallest absolute Gasteiger partial charge is 0.258 e. The van der Waals surface area contributed by atoms with Crippen LogP contribution in [0, 0.1) is 10.1 Å². The molecule has 23 heavy (non-hydrogen) atoms. The topological polar surface area (TPSA) is 43.1 Å². The number of benzene rings is 3. The van der Waals surface area contributed by atoms with E-state index in [2.05, 4.69) is 36.4 Å². The van der Waals surface area contributed by atoms with Crippen LogP contribution in [-0.4, -0.2) is 4.92 Å². The molecule has 3 heteroatoms. The predicted octanol–water partition coefficient (Wildman–Crippen LogP) is 4.76. The largest absolute Gasteiger partial charge is 0.277 e. The minimum absolute atomic E-state index is 0.156. The molecule has 0 saturated carbocycles. The van der Waals surface area contributed by atoms with Gasteiger partial charge in [-0.15, -0.1) is 0 Å². The predicted molar refractivity (Wildman–Crippen MR) is 90.6 cm³/mol. The summed E-state index contributed by atoms with van der Waals surface area (Å²) in [5, 5.41) is 11.3. The van der Waals surface area contributed by atoms with Crippen LogP contribution in [0.3, 0.4) is 0 Å². The van der Waals surface area contributed by atoms with Crippen LogP contribution >= 0.6 is 0 Å². The van der Waals surface area contributed by atoms with Gasteiger partial charge in [-0.25, -0.2) is 0 Å². The molecule has 0 amide bonds. The fourth-order valence-electron chi connectivity index (χ4n) is 3.32. The molecular weight excluding hydrogens is 286 g/mol. The van der Waals surface area contributed by atoms with Gasteiger partial charge in [0.15, 0.2) is 0 Å². The molecule has 0 atom stereocenters. The second-order valence-electron chi connectivity index (χ2n) is 5.88. The summed E-state index contributed by atoms with van der Waals surface area (Å²) in [6.07, 6.45) is 1.82. The van der Waals surface area contributed by atoms with Crippen LogP contribution < -0.4 is 0 Å². The van der Waals surface area contributed by atoms with Crippen molar-refractivity contribution in [1.82, 2.24) is 0 Å². The summed E-state index contributed by atoms with van der Waals surface area (Å²) < 4.78 is 0. The zero-order valence-electron chi connectivity index (χ0n) is 12.5. The summed E-state index contributed by atoms with van der Waals surface area (Å²) >= 11 is 0. The fraction of sp³-hybridized carbons (Fsp3) is 0.100. The Morgan fingerprint density at radius 2 is 1.35 bits per heavy atom. The Morgan fingerprint density at radius 3 is 2.09 bits per heavy atom. The van der Waals surface area contributed by atoms with Gasteiger partial charge in [-0.1, -0.05) is 54.6 Å². The van der Waals surface area contributed by atoms with E-state index in [1.54, 1.807) is 12.1 Å². The van der Waals surface area contributed by atoms with Crippen molar-refractivity contribution >= 4 is 5.69 Å². The van der Waals surface area contributed by atoms with E-state index in [-0.39, 0.29) is 10.6 Å². The van der Waals surface area contributed by atoms with Crippen molar-refractivity contribution in [2.45, 2.75) is 12.8 Å². The molecule has 4 rings (SSSR count). The maximum Gasteiger partial charge on any atom is 0.277 e. The number of fused-ring (bicyclic) bond motifs is 2. The first-order chi connectivity index (χ1) is 11.2. The lowest BCUT2D eigenvalue weighted by atomic mass is 9.84. The van der Waals surface area contributed by atoms with Crippen molar-refractivity contribution < 1.29 is 4.92 Å². The molecule has 3 aromatic carbocycles. The van der Waals surface area contributed by atoms with E-state index in [0.29, 0.717) is 5.56 Å². The first-order valence-electron chi connectivity index (χ1n) is 7.65. The normalized spacial score (nSPS) is 12.3. The van der Waals surface area contributed by atoms with Crippen LogP contribution in [0.4, 0.5) is 5.69 Å². The molecule has 0 heterocycles. The van der Waals surface area contributed by atoms with Gasteiger partial charge in [0.25, 0.3) is 5.69 Å². The third-order valence-corrected chi connectivity index (χ3v) is 4.50. The van der Waals surface area contributed by atoms with Gasteiger partial charge in [0.05, 0.1) is 10.5 Å². The van der Waals surface area contributed by atoms with E-state index in [9.17, 15) is 10.1 Å². The minimum atomic E-state index is -0.315. The van der Waals surface area contributed by atoms with Gasteiger partial charge in [0, 0.05) is 6.07 Å². The molecule has 1 aliphatic carbocycles. The number of hydrogen-bond donors (Lipinski definition) is 0. The van der Waals surface area contributed by atoms with Crippen LogP contribution in [0.15, 0.2) is 66.7 Å². The molecule has 0 spiro atoms. The van der Waals surface area contributed by atoms with Crippen molar-refractivity contribution in [3.05, 3.63) is 99.1 Å². The standard InChI is InChI=1S/C20H15NO2/c22-21(23)20-8-4-3-7-19(20)17-10-9-16-11-14-5-1-2-6-15(14)12-18(16)13-17/h1-10,13H,11-12H2. The Kier molecular flexibility index (Phi) is 3.19. The molecule has 0 saturated heterocycles. The first-order valence-corrected chi connectivity index (χ1v) is 7.65. The van der Waals surface area contributed by atoms with Gasteiger partial charge in [-0.05, 0) is 46.7 Å². The summed E-state index contributed by atoms with van der Waals surface area (Å²) in [6.45, 7) is 0. The molecule has 1 aliphatic rings. The zero-order chi connectivity index (χ0) is 15.8. The summed E-state index contributed by atoms with van der Waals surface area (Å²) in [5.41, 5.74) is 7.04. The Hall–Kier alpha value is -2.94. The molecule has 3 aromatic rings. The SMILES string of the molecule is O=[N+]([O-])c1ccccc1-c1ccc2c(c1)Cc1ccccc1C2. The third-order valence-electron chi connectivity index (χ3n) is 4.50. The van der Waals surface area contributed by atoms with Gasteiger partial charge < -0.3 is 0 Å². The Balaban J connectivity index is 1.79. The summed E-state index contributed by atoms with van der Waals surface area (Å²) in [6, 6.07) is 21.6. The van der Waals surface area contributed by atoms with Gasteiger partial charge in [0.1, 0.15) is 0 Å². The van der Waals surface area contributed by atoms with Gasteiger partial charge in [-0.2, -0.15) is 0 Å².